The largest absolute Gasteiger partial charge is 0.443 e. The molecule has 0 aromatic heterocycles. The van der Waals surface area contributed by atoms with Crippen LogP contribution in [0.15, 0.2) is 0 Å². The first-order valence-electron chi connectivity index (χ1n) is 16.2. The molecule has 0 aromatic rings. The Kier molecular flexibility index (Phi) is 6.40. The zero-order valence-corrected chi connectivity index (χ0v) is 25.8. The molecule has 5 saturated carbocycles. The number of nitrogens with one attached hydrogen (secondary N) is 1. The van der Waals surface area contributed by atoms with Gasteiger partial charge in [0, 0.05) is 12.0 Å². The van der Waals surface area contributed by atoms with Crippen LogP contribution in [0.2, 0.25) is 0 Å². The Hall–Kier alpha value is -0.850. The lowest BCUT2D eigenvalue weighted by molar-refractivity contribution is -0.184. The van der Waals surface area contributed by atoms with Crippen LogP contribution < -0.4 is 5.32 Å². The Morgan fingerprint density at radius 1 is 1.03 bits per heavy atom. The zero-order chi connectivity index (χ0) is 28.3. The van der Waals surface area contributed by atoms with Crippen molar-refractivity contribution in [2.75, 3.05) is 6.54 Å². The summed E-state index contributed by atoms with van der Waals surface area (Å²) in [5, 5.41) is 26.1. The van der Waals surface area contributed by atoms with Crippen molar-refractivity contribution in [3.05, 3.63) is 0 Å². The summed E-state index contributed by atoms with van der Waals surface area (Å²) in [6.45, 7) is 18.5. The van der Waals surface area contributed by atoms with Crippen LogP contribution in [0.4, 0.5) is 4.79 Å². The number of aliphatic hydroxyl groups is 2. The third kappa shape index (κ3) is 3.40. The summed E-state index contributed by atoms with van der Waals surface area (Å²) >= 11 is 0. The fourth-order valence-electron chi connectivity index (χ4n) is 12.5. The predicted octanol–water partition coefficient (Wildman–Crippen LogP) is 5.93. The fraction of sp³-hybridized carbons (Fsp3) is 0.970. The first-order chi connectivity index (χ1) is 18.2. The molecule has 1 aliphatic heterocycles. The van der Waals surface area contributed by atoms with Gasteiger partial charge in [-0.3, -0.25) is 0 Å². The molecular formula is C33H55NO5. The average Bonchev–Trinajstić information content (AvgIpc) is 3.50. The minimum absolute atomic E-state index is 0.0193. The second-order valence-electron chi connectivity index (χ2n) is 16.2. The van der Waals surface area contributed by atoms with E-state index in [-0.39, 0.29) is 52.7 Å². The Bertz CT molecular complexity index is 999. The third-order valence-electron chi connectivity index (χ3n) is 14.4. The Morgan fingerprint density at radius 2 is 1.69 bits per heavy atom. The number of alkyl carbamates (subject to hydrolysis) is 1. The molecule has 0 unspecified atom stereocenters. The molecule has 1 saturated heterocycles. The van der Waals surface area contributed by atoms with Crippen LogP contribution in [-0.2, 0) is 9.47 Å². The molecule has 0 radical (unpaired) electrons. The molecule has 1 amide bonds. The van der Waals surface area contributed by atoms with Crippen LogP contribution in [-0.4, -0.2) is 53.4 Å². The molecule has 2 spiro atoms. The Morgan fingerprint density at radius 3 is 2.36 bits per heavy atom. The van der Waals surface area contributed by atoms with Crippen molar-refractivity contribution in [1.29, 1.82) is 0 Å². The van der Waals surface area contributed by atoms with Crippen LogP contribution in [0.25, 0.3) is 0 Å². The van der Waals surface area contributed by atoms with E-state index in [1.54, 1.807) is 0 Å². The van der Waals surface area contributed by atoms with Crippen molar-refractivity contribution >= 4 is 6.09 Å². The maximum absolute atomic E-state index is 12.4. The van der Waals surface area contributed by atoms with Gasteiger partial charge in [-0.15, -0.1) is 0 Å². The van der Waals surface area contributed by atoms with Crippen LogP contribution in [0, 0.1) is 56.7 Å². The zero-order valence-electron chi connectivity index (χ0n) is 25.8. The predicted molar refractivity (Wildman–Crippen MR) is 151 cm³/mol. The third-order valence-corrected chi connectivity index (χ3v) is 14.4. The molecule has 6 fully saturated rings. The van der Waals surface area contributed by atoms with Gasteiger partial charge in [-0.25, -0.2) is 4.79 Å². The second-order valence-corrected chi connectivity index (χ2v) is 16.2. The summed E-state index contributed by atoms with van der Waals surface area (Å²) in [6, 6.07) is 0. The summed E-state index contributed by atoms with van der Waals surface area (Å²) in [6.07, 6.45) is 7.07. The van der Waals surface area contributed by atoms with E-state index in [1.165, 1.54) is 19.3 Å². The van der Waals surface area contributed by atoms with E-state index in [0.29, 0.717) is 41.0 Å². The first-order valence-corrected chi connectivity index (χ1v) is 16.2. The van der Waals surface area contributed by atoms with Gasteiger partial charge in [-0.1, -0.05) is 48.5 Å². The lowest BCUT2D eigenvalue weighted by Crippen LogP contribution is -2.59. The fourth-order valence-corrected chi connectivity index (χ4v) is 12.5. The number of hydrogen-bond acceptors (Lipinski definition) is 5. The van der Waals surface area contributed by atoms with E-state index in [9.17, 15) is 15.0 Å². The SMILES string of the molecule is CCNC(=O)O[C@H](C(C)C)[C@H]1C[C@@H](C)[C@H]2[C@H](O1)[C@H](O)[C@@]1(C)[C@@H]3CC[C@H]4C(C)(C)[C@@H](O)CC[C@@]45C[C@@]35CC[C@]21C. The smallest absolute Gasteiger partial charge is 0.407 e. The summed E-state index contributed by atoms with van der Waals surface area (Å²) in [7, 11) is 0. The number of rotatable bonds is 4. The Labute approximate surface area is 236 Å². The van der Waals surface area contributed by atoms with E-state index in [2.05, 4.69) is 53.8 Å². The molecule has 222 valence electrons. The monoisotopic (exact) mass is 545 g/mol. The van der Waals surface area contributed by atoms with Crippen LogP contribution >= 0.6 is 0 Å². The minimum Gasteiger partial charge on any atom is -0.443 e. The summed E-state index contributed by atoms with van der Waals surface area (Å²) in [4.78, 5) is 12.4. The van der Waals surface area contributed by atoms with Crippen LogP contribution in [0.1, 0.15) is 107 Å². The maximum Gasteiger partial charge on any atom is 0.407 e. The number of ether oxygens (including phenoxy) is 2. The molecule has 5 aliphatic carbocycles. The number of amides is 1. The van der Waals surface area contributed by atoms with E-state index in [4.69, 9.17) is 9.47 Å². The first kappa shape index (κ1) is 28.3. The lowest BCUT2D eigenvalue weighted by atomic mass is 9.41. The van der Waals surface area contributed by atoms with Gasteiger partial charge >= 0.3 is 6.09 Å². The van der Waals surface area contributed by atoms with Gasteiger partial charge in [-0.05, 0) is 110 Å². The molecule has 6 aliphatic rings. The Balaban J connectivity index is 1.31. The molecule has 0 aromatic carbocycles. The van der Waals surface area contributed by atoms with Gasteiger partial charge in [0.1, 0.15) is 6.10 Å². The van der Waals surface area contributed by atoms with Gasteiger partial charge in [0.25, 0.3) is 0 Å². The lowest BCUT2D eigenvalue weighted by Gasteiger charge is -2.63. The maximum atomic E-state index is 12.4. The van der Waals surface area contributed by atoms with E-state index >= 15 is 0 Å². The van der Waals surface area contributed by atoms with Crippen molar-refractivity contribution in [1.82, 2.24) is 5.32 Å². The topological polar surface area (TPSA) is 88.0 Å². The number of aliphatic hydroxyl groups excluding tert-OH is 2. The van der Waals surface area contributed by atoms with Gasteiger partial charge in [0.05, 0.1) is 24.4 Å². The molecular weight excluding hydrogens is 490 g/mol. The highest BCUT2D eigenvalue weighted by Gasteiger charge is 2.84. The highest BCUT2D eigenvalue weighted by Crippen LogP contribution is 2.89. The number of carbonyl (C=O) groups is 1. The number of carbonyl (C=O) groups excluding carboxylic acids is 1. The quantitative estimate of drug-likeness (QED) is 0.407. The summed E-state index contributed by atoms with van der Waals surface area (Å²) in [5.41, 5.74) is 0.435. The number of hydrogen-bond donors (Lipinski definition) is 3. The average molecular weight is 546 g/mol. The van der Waals surface area contributed by atoms with E-state index in [1.807, 2.05) is 6.92 Å². The van der Waals surface area contributed by atoms with Crippen LogP contribution in [0.5, 0.6) is 0 Å². The molecule has 0 bridgehead atoms. The van der Waals surface area contributed by atoms with Gasteiger partial charge in [0.15, 0.2) is 0 Å². The standard InChI is InChI=1S/C33H55NO5/c1-9-34-28(37)39-25(18(2)3)20-16-19(4)24-26(38-20)27(36)31(8)22-11-10-21-29(5,6)23(35)12-13-32(21)17-33(22,32)15-14-30(24,31)7/h18-27,35-36H,9-17H2,1-8H3,(H,34,37)/t19-,20-,21+,22+,23+,24+,25-,26+,27+,30-,31-,32-,33+/m1/s1. The molecule has 39 heavy (non-hydrogen) atoms. The van der Waals surface area contributed by atoms with Gasteiger partial charge in [-0.2, -0.15) is 0 Å². The van der Waals surface area contributed by atoms with Gasteiger partial charge in [0.2, 0.25) is 0 Å². The summed E-state index contributed by atoms with van der Waals surface area (Å²) in [5.74, 6) is 1.89. The molecule has 6 heteroatoms. The molecule has 6 rings (SSSR count). The van der Waals surface area contributed by atoms with Crippen molar-refractivity contribution < 1.29 is 24.5 Å². The minimum atomic E-state index is -0.520. The highest BCUT2D eigenvalue weighted by molar-refractivity contribution is 5.67. The van der Waals surface area contributed by atoms with E-state index < -0.39 is 6.10 Å². The van der Waals surface area contributed by atoms with Crippen molar-refractivity contribution in [2.24, 2.45) is 56.7 Å². The van der Waals surface area contributed by atoms with Crippen molar-refractivity contribution in [2.45, 2.75) is 137 Å². The molecule has 3 N–H and O–H groups in total. The summed E-state index contributed by atoms with van der Waals surface area (Å²) < 4.78 is 12.8. The van der Waals surface area contributed by atoms with Gasteiger partial charge < -0.3 is 25.0 Å². The molecule has 1 heterocycles. The van der Waals surface area contributed by atoms with Crippen LogP contribution in [0.3, 0.4) is 0 Å². The second kappa shape index (κ2) is 8.83. The molecule has 13 atom stereocenters. The number of fused-ring (bicyclic) bond motifs is 4. The van der Waals surface area contributed by atoms with E-state index in [0.717, 1.165) is 32.1 Å². The normalized spacial score (nSPS) is 53.9. The van der Waals surface area contributed by atoms with Crippen molar-refractivity contribution in [3.63, 3.8) is 0 Å². The highest BCUT2D eigenvalue weighted by atomic mass is 16.6. The van der Waals surface area contributed by atoms with Crippen molar-refractivity contribution in [3.8, 4) is 0 Å². The molecule has 6 nitrogen and oxygen atoms in total.